The minimum Gasteiger partial charge on any atom is -0.314 e. The van der Waals surface area contributed by atoms with Gasteiger partial charge in [0.25, 0.3) is 0 Å². The number of hydrogen-bond acceptors (Lipinski definition) is 4. The van der Waals surface area contributed by atoms with Gasteiger partial charge in [-0.15, -0.1) is 12.4 Å². The van der Waals surface area contributed by atoms with Crippen molar-refractivity contribution in [3.05, 3.63) is 29.3 Å². The summed E-state index contributed by atoms with van der Waals surface area (Å²) in [5.74, 6) is 1.02. The van der Waals surface area contributed by atoms with Crippen molar-refractivity contribution < 1.29 is 8.42 Å². The minimum absolute atomic E-state index is 0. The second-order valence-electron chi connectivity index (χ2n) is 8.67. The molecular formula is C22H35ClN2O2S. The Morgan fingerprint density at radius 3 is 2.89 bits per heavy atom. The second kappa shape index (κ2) is 9.46. The van der Waals surface area contributed by atoms with E-state index in [1.165, 1.54) is 18.4 Å². The van der Waals surface area contributed by atoms with E-state index in [-0.39, 0.29) is 18.4 Å². The summed E-state index contributed by atoms with van der Waals surface area (Å²) in [6.45, 7) is 5.46. The molecule has 0 amide bonds. The Morgan fingerprint density at radius 1 is 1.21 bits per heavy atom. The third-order valence-electron chi connectivity index (χ3n) is 6.87. The van der Waals surface area contributed by atoms with Crippen LogP contribution in [0.1, 0.15) is 69.0 Å². The van der Waals surface area contributed by atoms with Gasteiger partial charge in [0, 0.05) is 25.2 Å². The number of benzene rings is 1. The highest BCUT2D eigenvalue weighted by Crippen LogP contribution is 2.43. The second-order valence-corrected chi connectivity index (χ2v) is 10.7. The number of piperidine rings is 2. The zero-order valence-electron chi connectivity index (χ0n) is 17.0. The third kappa shape index (κ3) is 4.43. The molecule has 1 aromatic rings. The maximum absolute atomic E-state index is 13.2. The lowest BCUT2D eigenvalue weighted by Crippen LogP contribution is -2.54. The van der Waals surface area contributed by atoms with Gasteiger partial charge in [0.05, 0.1) is 10.6 Å². The van der Waals surface area contributed by atoms with Crippen molar-refractivity contribution in [2.75, 3.05) is 25.4 Å². The SMILES string of the molecule is CCCCCCS(=O)(=O)c1cccc2c1C1CC3NCCCC3CN1CC2.Cl. The molecule has 1 aromatic carbocycles. The van der Waals surface area contributed by atoms with Crippen LogP contribution in [0.25, 0.3) is 0 Å². The van der Waals surface area contributed by atoms with Gasteiger partial charge in [-0.3, -0.25) is 4.90 Å². The molecule has 3 aliphatic heterocycles. The Hall–Kier alpha value is -0.620. The quantitative estimate of drug-likeness (QED) is 0.694. The van der Waals surface area contributed by atoms with E-state index in [9.17, 15) is 8.42 Å². The molecule has 2 fully saturated rings. The van der Waals surface area contributed by atoms with Crippen LogP contribution in [0.15, 0.2) is 23.1 Å². The molecule has 1 N–H and O–H groups in total. The summed E-state index contributed by atoms with van der Waals surface area (Å²) in [5.41, 5.74) is 2.39. The highest BCUT2D eigenvalue weighted by Gasteiger charge is 2.41. The lowest BCUT2D eigenvalue weighted by atomic mass is 9.77. The maximum Gasteiger partial charge on any atom is 0.178 e. The Morgan fingerprint density at radius 2 is 2.07 bits per heavy atom. The molecule has 6 heteroatoms. The molecule has 28 heavy (non-hydrogen) atoms. The number of hydrogen-bond donors (Lipinski definition) is 1. The first-order chi connectivity index (χ1) is 13.1. The van der Waals surface area contributed by atoms with Crippen LogP contribution in [0.3, 0.4) is 0 Å². The maximum atomic E-state index is 13.2. The van der Waals surface area contributed by atoms with Crippen LogP contribution in [0, 0.1) is 5.92 Å². The number of nitrogens with zero attached hydrogens (tertiary/aromatic N) is 1. The van der Waals surface area contributed by atoms with Gasteiger partial charge in [-0.1, -0.05) is 38.3 Å². The zero-order chi connectivity index (χ0) is 18.9. The van der Waals surface area contributed by atoms with Gasteiger partial charge in [-0.25, -0.2) is 8.42 Å². The first-order valence-electron chi connectivity index (χ1n) is 10.9. The topological polar surface area (TPSA) is 49.4 Å². The van der Waals surface area contributed by atoms with Gasteiger partial charge in [0.2, 0.25) is 0 Å². The molecule has 0 saturated carbocycles. The lowest BCUT2D eigenvalue weighted by Gasteiger charge is -2.49. The molecule has 0 radical (unpaired) electrons. The van der Waals surface area contributed by atoms with Crippen LogP contribution in [-0.4, -0.2) is 44.7 Å². The van der Waals surface area contributed by atoms with Gasteiger partial charge < -0.3 is 5.32 Å². The predicted octanol–water partition coefficient (Wildman–Crippen LogP) is 4.13. The Labute approximate surface area is 176 Å². The summed E-state index contributed by atoms with van der Waals surface area (Å²) in [5, 5.41) is 3.72. The molecule has 0 aromatic heterocycles. The number of halogens is 1. The van der Waals surface area contributed by atoms with Crippen LogP contribution in [0.4, 0.5) is 0 Å². The average molecular weight is 427 g/mol. The van der Waals surface area contributed by atoms with Gasteiger partial charge in [0.1, 0.15) is 0 Å². The van der Waals surface area contributed by atoms with Crippen molar-refractivity contribution in [2.45, 2.75) is 75.3 Å². The summed E-state index contributed by atoms with van der Waals surface area (Å²) in [6, 6.07) is 6.80. The van der Waals surface area contributed by atoms with E-state index in [4.69, 9.17) is 0 Å². The molecule has 0 aliphatic carbocycles. The standard InChI is InChI=1S/C22H34N2O2S.ClH/c1-2-3-4-5-14-27(25,26)21-10-6-8-17-11-13-24-16-18-9-7-12-23-19(18)15-20(24)22(17)21;/h6,8,10,18-20,23H,2-5,7,9,11-16H2,1H3;1H. The number of fused-ring (bicyclic) bond motifs is 4. The minimum atomic E-state index is -3.21. The van der Waals surface area contributed by atoms with Crippen molar-refractivity contribution in [2.24, 2.45) is 5.92 Å². The van der Waals surface area contributed by atoms with E-state index < -0.39 is 9.84 Å². The molecule has 0 spiro atoms. The van der Waals surface area contributed by atoms with Crippen LogP contribution < -0.4 is 5.32 Å². The predicted molar refractivity (Wildman–Crippen MR) is 117 cm³/mol. The van der Waals surface area contributed by atoms with Crippen molar-refractivity contribution >= 4 is 22.2 Å². The molecule has 2 saturated heterocycles. The number of nitrogens with one attached hydrogen (secondary N) is 1. The van der Waals surface area contributed by atoms with E-state index in [0.717, 1.165) is 69.6 Å². The van der Waals surface area contributed by atoms with Crippen LogP contribution in [0.2, 0.25) is 0 Å². The third-order valence-corrected chi connectivity index (χ3v) is 8.73. The van der Waals surface area contributed by atoms with Gasteiger partial charge >= 0.3 is 0 Å². The molecule has 158 valence electrons. The number of unbranched alkanes of at least 4 members (excludes halogenated alkanes) is 3. The fourth-order valence-electron chi connectivity index (χ4n) is 5.43. The Bertz CT molecular complexity index is 768. The largest absolute Gasteiger partial charge is 0.314 e. The summed E-state index contributed by atoms with van der Waals surface area (Å²) in [7, 11) is -3.21. The first-order valence-corrected chi connectivity index (χ1v) is 12.6. The zero-order valence-corrected chi connectivity index (χ0v) is 18.7. The number of rotatable bonds is 6. The Balaban J connectivity index is 0.00000225. The summed E-state index contributed by atoms with van der Waals surface area (Å²) < 4.78 is 26.4. The average Bonchev–Trinajstić information content (AvgIpc) is 2.69. The van der Waals surface area contributed by atoms with Crippen LogP contribution >= 0.6 is 12.4 Å². The first kappa shape index (κ1) is 22.1. The highest BCUT2D eigenvalue weighted by molar-refractivity contribution is 7.91. The molecular weight excluding hydrogens is 392 g/mol. The van der Waals surface area contributed by atoms with Gasteiger partial charge in [0.15, 0.2) is 9.84 Å². The fraction of sp³-hybridized carbons (Fsp3) is 0.727. The molecule has 3 atom stereocenters. The summed E-state index contributed by atoms with van der Waals surface area (Å²) >= 11 is 0. The van der Waals surface area contributed by atoms with E-state index >= 15 is 0 Å². The molecule has 4 rings (SSSR count). The van der Waals surface area contributed by atoms with E-state index in [2.05, 4.69) is 23.2 Å². The van der Waals surface area contributed by atoms with E-state index in [0.29, 0.717) is 16.7 Å². The monoisotopic (exact) mass is 426 g/mol. The smallest absolute Gasteiger partial charge is 0.178 e. The molecule has 3 unspecified atom stereocenters. The molecule has 3 aliphatic rings. The van der Waals surface area contributed by atoms with E-state index in [1.807, 2.05) is 12.1 Å². The van der Waals surface area contributed by atoms with Crippen LogP contribution in [0.5, 0.6) is 0 Å². The van der Waals surface area contributed by atoms with E-state index in [1.54, 1.807) is 0 Å². The fourth-order valence-corrected chi connectivity index (χ4v) is 7.12. The normalized spacial score (nSPS) is 27.2. The van der Waals surface area contributed by atoms with Gasteiger partial charge in [-0.05, 0) is 61.8 Å². The molecule has 0 bridgehead atoms. The number of sulfone groups is 1. The Kier molecular flexibility index (Phi) is 7.46. The van der Waals surface area contributed by atoms with Crippen LogP contribution in [-0.2, 0) is 16.3 Å². The van der Waals surface area contributed by atoms with Crippen molar-refractivity contribution in [1.29, 1.82) is 0 Å². The summed E-state index contributed by atoms with van der Waals surface area (Å²) in [4.78, 5) is 3.20. The molecule has 4 nitrogen and oxygen atoms in total. The lowest BCUT2D eigenvalue weighted by molar-refractivity contribution is 0.0537. The molecule has 3 heterocycles. The van der Waals surface area contributed by atoms with Crippen molar-refractivity contribution in [3.8, 4) is 0 Å². The summed E-state index contributed by atoms with van der Waals surface area (Å²) in [6.07, 6.45) is 8.66. The van der Waals surface area contributed by atoms with Crippen molar-refractivity contribution in [1.82, 2.24) is 10.2 Å². The van der Waals surface area contributed by atoms with Gasteiger partial charge in [-0.2, -0.15) is 0 Å². The van der Waals surface area contributed by atoms with Crippen molar-refractivity contribution in [3.63, 3.8) is 0 Å². The highest BCUT2D eigenvalue weighted by atomic mass is 35.5.